The molecule has 1 fully saturated rings. The van der Waals surface area contributed by atoms with Crippen molar-refractivity contribution in [1.82, 2.24) is 19.8 Å². The molecule has 9 nitrogen and oxygen atoms in total. The van der Waals surface area contributed by atoms with Crippen molar-refractivity contribution in [3.8, 4) is 0 Å². The molecule has 43 heavy (non-hydrogen) atoms. The number of H-pyrrole nitrogens is 1. The van der Waals surface area contributed by atoms with Gasteiger partial charge >= 0.3 is 12.3 Å². The molecule has 0 radical (unpaired) electrons. The molecule has 2 aliphatic heterocycles. The first-order valence-electron chi connectivity index (χ1n) is 14.0. The zero-order valence-corrected chi connectivity index (χ0v) is 23.8. The highest BCUT2D eigenvalue weighted by Crippen LogP contribution is 2.54. The number of carbonyl (C=O) groups excluding carboxylic acids is 1. The number of carbonyl (C=O) groups is 2. The maximum Gasteiger partial charge on any atom is 0.416 e. The summed E-state index contributed by atoms with van der Waals surface area (Å²) >= 11 is 1.59. The van der Waals surface area contributed by atoms with Crippen LogP contribution in [-0.2, 0) is 29.4 Å². The fraction of sp³-hybridized carbons (Fsp3) is 0.400. The summed E-state index contributed by atoms with van der Waals surface area (Å²) in [6.45, 7) is 0.892. The molecule has 2 aromatic heterocycles. The van der Waals surface area contributed by atoms with Crippen LogP contribution in [0.5, 0.6) is 0 Å². The molecule has 3 aromatic rings. The van der Waals surface area contributed by atoms with Gasteiger partial charge in [0, 0.05) is 24.5 Å². The van der Waals surface area contributed by atoms with Crippen molar-refractivity contribution >= 4 is 28.9 Å². The summed E-state index contributed by atoms with van der Waals surface area (Å²) in [5.74, 6) is -0.202. The van der Waals surface area contributed by atoms with Crippen molar-refractivity contribution in [1.29, 1.82) is 0 Å². The van der Waals surface area contributed by atoms with Crippen LogP contribution in [-0.4, -0.2) is 61.6 Å². The first-order chi connectivity index (χ1) is 20.5. The molecule has 0 spiro atoms. The van der Waals surface area contributed by atoms with E-state index < -0.39 is 35.3 Å². The number of benzene rings is 1. The number of thiophene rings is 1. The predicted octanol–water partition coefficient (Wildman–Crippen LogP) is 4.71. The zero-order chi connectivity index (χ0) is 30.5. The molecule has 3 N–H and O–H groups in total. The number of nitrogens with zero attached hydrogens (tertiary/aromatic N) is 3. The lowest BCUT2D eigenvalue weighted by molar-refractivity contribution is -0.142. The highest BCUT2D eigenvalue weighted by molar-refractivity contribution is 7.10. The van der Waals surface area contributed by atoms with E-state index in [4.69, 9.17) is 4.98 Å². The summed E-state index contributed by atoms with van der Waals surface area (Å²) in [5, 5.41) is 21.9. The van der Waals surface area contributed by atoms with Crippen LogP contribution in [0.25, 0.3) is 5.57 Å². The quantitative estimate of drug-likeness (QED) is 0.382. The second-order valence-corrected chi connectivity index (χ2v) is 12.1. The van der Waals surface area contributed by atoms with Crippen LogP contribution in [0.15, 0.2) is 46.6 Å². The molecule has 1 saturated carbocycles. The third-order valence-electron chi connectivity index (χ3n) is 8.49. The zero-order valence-electron chi connectivity index (χ0n) is 23.0. The number of nitrogens with one attached hydrogen (secondary N) is 1. The van der Waals surface area contributed by atoms with Gasteiger partial charge in [-0.15, -0.1) is 11.3 Å². The molecule has 0 unspecified atom stereocenters. The predicted molar refractivity (Wildman–Crippen MR) is 152 cm³/mol. The van der Waals surface area contributed by atoms with Crippen molar-refractivity contribution in [2.24, 2.45) is 0 Å². The van der Waals surface area contributed by atoms with Gasteiger partial charge in [0.1, 0.15) is 5.82 Å². The Morgan fingerprint density at radius 2 is 1.91 bits per heavy atom. The molecule has 226 valence electrons. The van der Waals surface area contributed by atoms with E-state index in [1.165, 1.54) is 15.9 Å². The van der Waals surface area contributed by atoms with Gasteiger partial charge in [-0.2, -0.15) is 13.2 Å². The van der Waals surface area contributed by atoms with Crippen molar-refractivity contribution < 1.29 is 33.0 Å². The van der Waals surface area contributed by atoms with E-state index in [2.05, 4.69) is 16.4 Å². The summed E-state index contributed by atoms with van der Waals surface area (Å²) < 4.78 is 39.5. The second-order valence-electron chi connectivity index (χ2n) is 11.2. The molecule has 6 rings (SSSR count). The molecule has 4 heterocycles. The topological polar surface area (TPSA) is 127 Å². The number of alkyl halides is 3. The number of aryl methyl sites for hydroxylation is 1. The van der Waals surface area contributed by atoms with E-state index in [0.29, 0.717) is 49.4 Å². The molecule has 1 aromatic carbocycles. The van der Waals surface area contributed by atoms with Gasteiger partial charge < -0.3 is 25.0 Å². The fourth-order valence-corrected chi connectivity index (χ4v) is 7.02. The van der Waals surface area contributed by atoms with Gasteiger partial charge in [-0.3, -0.25) is 9.59 Å². The number of amides is 2. The number of carboxylic acid groups (broad SMARTS) is 1. The van der Waals surface area contributed by atoms with Gasteiger partial charge in [-0.1, -0.05) is 18.2 Å². The third-order valence-corrected chi connectivity index (χ3v) is 9.63. The van der Waals surface area contributed by atoms with E-state index in [9.17, 15) is 37.8 Å². The van der Waals surface area contributed by atoms with Gasteiger partial charge in [-0.05, 0) is 72.4 Å². The average molecular weight is 615 g/mol. The van der Waals surface area contributed by atoms with Gasteiger partial charge in [0.05, 0.1) is 28.8 Å². The van der Waals surface area contributed by atoms with Crippen molar-refractivity contribution in [2.45, 2.75) is 56.3 Å². The standard InChI is InChI=1S/C30H29F3N4O5S/c31-30(32,33)20-4-1-3-18(13-20)24(38)26(40)37-10-2-5-22-21(15-37)25(39)35-27(34-22)29(8-9-29)23-14-19(16-43-23)17-6-11-36(12-7-17)28(41)42/h1,3-4,6,13-14,16,24,38H,2,5,7-12,15H2,(H,41,42)(H,34,35,39)/t24-/m1/s1. The average Bonchev–Trinajstić information content (AvgIpc) is 3.70. The summed E-state index contributed by atoms with van der Waals surface area (Å²) in [6, 6.07) is 6.14. The Hall–Kier alpha value is -3.97. The summed E-state index contributed by atoms with van der Waals surface area (Å²) in [5.41, 5.74) is 1.11. The number of rotatable bonds is 5. The SMILES string of the molecule is O=C(O)N1CC=C(c2csc(C3(c4nc5c(c(=O)[nH]4)CN(C(=O)[C@H](O)c4cccc(C(F)(F)F)c4)CCC5)CC3)c2)CC1. The van der Waals surface area contributed by atoms with E-state index >= 15 is 0 Å². The van der Waals surface area contributed by atoms with E-state index in [-0.39, 0.29) is 24.2 Å². The highest BCUT2D eigenvalue weighted by Gasteiger charge is 2.50. The Morgan fingerprint density at radius 1 is 1.12 bits per heavy atom. The van der Waals surface area contributed by atoms with Crippen LogP contribution in [0.2, 0.25) is 0 Å². The van der Waals surface area contributed by atoms with Crippen LogP contribution < -0.4 is 5.56 Å². The van der Waals surface area contributed by atoms with E-state index in [1.807, 2.05) is 6.08 Å². The largest absolute Gasteiger partial charge is 0.465 e. The number of hydrogen-bond acceptors (Lipinski definition) is 6. The monoisotopic (exact) mass is 614 g/mol. The first-order valence-corrected chi connectivity index (χ1v) is 14.9. The molecule has 1 atom stereocenters. The molecule has 1 aliphatic carbocycles. The summed E-state index contributed by atoms with van der Waals surface area (Å²) in [7, 11) is 0. The Bertz CT molecular complexity index is 1680. The van der Waals surface area contributed by atoms with Crippen LogP contribution in [0.3, 0.4) is 0 Å². The fourth-order valence-electron chi connectivity index (χ4n) is 5.82. The lowest BCUT2D eigenvalue weighted by Gasteiger charge is -2.24. The summed E-state index contributed by atoms with van der Waals surface area (Å²) in [4.78, 5) is 49.3. The maximum absolute atomic E-state index is 13.4. The minimum atomic E-state index is -4.61. The molecule has 3 aliphatic rings. The number of hydrogen-bond donors (Lipinski definition) is 3. The lowest BCUT2D eigenvalue weighted by Crippen LogP contribution is -2.36. The lowest BCUT2D eigenvalue weighted by atomic mass is 9.98. The number of aromatic amines is 1. The maximum atomic E-state index is 13.4. The van der Waals surface area contributed by atoms with Crippen molar-refractivity contribution in [2.75, 3.05) is 19.6 Å². The normalized spacial score (nSPS) is 18.8. The smallest absolute Gasteiger partial charge is 0.416 e. The number of aromatic nitrogens is 2. The minimum Gasteiger partial charge on any atom is -0.465 e. The molecule has 0 saturated heterocycles. The third kappa shape index (κ3) is 5.58. The molecule has 0 bridgehead atoms. The van der Waals surface area contributed by atoms with Crippen molar-refractivity contribution in [3.63, 3.8) is 0 Å². The first kappa shape index (κ1) is 29.1. The minimum absolute atomic E-state index is 0.107. The molecular formula is C30H29F3N4O5S. The van der Waals surface area contributed by atoms with Crippen LogP contribution in [0.4, 0.5) is 18.0 Å². The van der Waals surface area contributed by atoms with Gasteiger partial charge in [0.15, 0.2) is 6.10 Å². The molecule has 13 heteroatoms. The van der Waals surface area contributed by atoms with Crippen LogP contribution >= 0.6 is 11.3 Å². The van der Waals surface area contributed by atoms with Gasteiger partial charge in [-0.25, -0.2) is 9.78 Å². The Labute approximate surface area is 248 Å². The Kier molecular flexibility index (Phi) is 7.41. The number of fused-ring (bicyclic) bond motifs is 1. The van der Waals surface area contributed by atoms with E-state index in [0.717, 1.165) is 47.1 Å². The van der Waals surface area contributed by atoms with Crippen LogP contribution in [0.1, 0.15) is 70.4 Å². The number of halogens is 3. The van der Waals surface area contributed by atoms with Crippen LogP contribution in [0, 0.1) is 0 Å². The second kappa shape index (κ2) is 10.9. The highest BCUT2D eigenvalue weighted by atomic mass is 32.1. The number of aliphatic hydroxyl groups is 1. The van der Waals surface area contributed by atoms with Gasteiger partial charge in [0.2, 0.25) is 0 Å². The van der Waals surface area contributed by atoms with E-state index in [1.54, 1.807) is 11.3 Å². The number of aliphatic hydroxyl groups excluding tert-OH is 1. The Morgan fingerprint density at radius 3 is 2.58 bits per heavy atom. The summed E-state index contributed by atoms with van der Waals surface area (Å²) in [6.07, 6.45) is -2.25. The van der Waals surface area contributed by atoms with Gasteiger partial charge in [0.25, 0.3) is 11.5 Å². The molecular weight excluding hydrogens is 585 g/mol. The Balaban J connectivity index is 1.21. The molecule has 2 amide bonds. The van der Waals surface area contributed by atoms with Crippen molar-refractivity contribution in [3.05, 3.63) is 90.8 Å².